The fourth-order valence-corrected chi connectivity index (χ4v) is 2.24. The van der Waals surface area contributed by atoms with Crippen LogP contribution in [-0.2, 0) is 13.0 Å². The number of hydrogen-bond donors (Lipinski definition) is 1. The first-order chi connectivity index (χ1) is 8.52. The summed E-state index contributed by atoms with van der Waals surface area (Å²) in [7, 11) is 0. The topological polar surface area (TPSA) is 43.8 Å². The average molecular weight is 245 g/mol. The molecule has 1 unspecified atom stereocenters. The Bertz CT molecular complexity index is 540. The van der Waals surface area contributed by atoms with Gasteiger partial charge in [-0.25, -0.2) is 4.98 Å². The van der Waals surface area contributed by atoms with Crippen LogP contribution in [0.5, 0.6) is 0 Å². The predicted octanol–water partition coefficient (Wildman–Crippen LogP) is 2.89. The lowest BCUT2D eigenvalue weighted by molar-refractivity contribution is 0.474. The number of rotatable bonds is 4. The number of imidazole rings is 1. The Kier molecular flexibility index (Phi) is 3.71. The molecule has 1 atom stereocenters. The van der Waals surface area contributed by atoms with Crippen molar-refractivity contribution in [3.8, 4) is 0 Å². The second-order valence-electron chi connectivity index (χ2n) is 5.38. The van der Waals surface area contributed by atoms with Crippen LogP contribution in [0.3, 0.4) is 0 Å². The normalized spacial score (nSPS) is 13.4. The summed E-state index contributed by atoms with van der Waals surface area (Å²) in [5.74, 6) is 1.59. The van der Waals surface area contributed by atoms with Crippen LogP contribution in [-0.4, -0.2) is 15.6 Å². The highest BCUT2D eigenvalue weighted by molar-refractivity contribution is 5.76. The molecule has 0 spiro atoms. The molecule has 1 aromatic heterocycles. The minimum atomic E-state index is 0.174. The lowest BCUT2D eigenvalue weighted by Gasteiger charge is -2.15. The van der Waals surface area contributed by atoms with Gasteiger partial charge in [-0.05, 0) is 37.5 Å². The van der Waals surface area contributed by atoms with Crippen molar-refractivity contribution in [2.75, 3.05) is 0 Å². The van der Waals surface area contributed by atoms with Gasteiger partial charge in [0.05, 0.1) is 11.0 Å². The average Bonchev–Trinajstić information content (AvgIpc) is 2.64. The van der Waals surface area contributed by atoms with Crippen LogP contribution in [0, 0.1) is 12.8 Å². The molecule has 0 saturated carbocycles. The first kappa shape index (κ1) is 13.1. The maximum Gasteiger partial charge on any atom is 0.111 e. The lowest BCUT2D eigenvalue weighted by atomic mass is 10.0. The molecule has 0 aliphatic rings. The van der Waals surface area contributed by atoms with Gasteiger partial charge in [-0.1, -0.05) is 19.9 Å². The fraction of sp³-hybridized carbons (Fsp3) is 0.533. The molecular formula is C15H23N3. The zero-order valence-electron chi connectivity index (χ0n) is 11.8. The second-order valence-corrected chi connectivity index (χ2v) is 5.38. The largest absolute Gasteiger partial charge is 0.328 e. The third-order valence-electron chi connectivity index (χ3n) is 3.57. The Labute approximate surface area is 109 Å². The molecule has 1 aromatic carbocycles. The summed E-state index contributed by atoms with van der Waals surface area (Å²) in [6, 6.07) is 6.62. The van der Waals surface area contributed by atoms with Crippen molar-refractivity contribution in [3.05, 3.63) is 29.6 Å². The van der Waals surface area contributed by atoms with Gasteiger partial charge in [-0.3, -0.25) is 0 Å². The molecule has 2 N–H and O–H groups in total. The first-order valence-electron chi connectivity index (χ1n) is 6.74. The molecule has 0 bridgehead atoms. The molecule has 0 aliphatic carbocycles. The van der Waals surface area contributed by atoms with E-state index in [1.54, 1.807) is 0 Å². The van der Waals surface area contributed by atoms with Crippen molar-refractivity contribution in [3.63, 3.8) is 0 Å². The molecule has 3 nitrogen and oxygen atoms in total. The molecule has 0 saturated heterocycles. The molecule has 18 heavy (non-hydrogen) atoms. The molecule has 0 fully saturated rings. The van der Waals surface area contributed by atoms with E-state index in [-0.39, 0.29) is 6.04 Å². The Balaban J connectivity index is 2.43. The van der Waals surface area contributed by atoms with Crippen LogP contribution >= 0.6 is 0 Å². The van der Waals surface area contributed by atoms with E-state index in [1.807, 2.05) is 0 Å². The molecule has 0 radical (unpaired) electrons. The highest BCUT2D eigenvalue weighted by Gasteiger charge is 2.15. The van der Waals surface area contributed by atoms with Crippen LogP contribution in [0.1, 0.15) is 32.2 Å². The molecule has 2 aromatic rings. The highest BCUT2D eigenvalue weighted by atomic mass is 15.1. The minimum absolute atomic E-state index is 0.174. The third kappa shape index (κ3) is 2.41. The van der Waals surface area contributed by atoms with Gasteiger partial charge in [0, 0.05) is 19.0 Å². The van der Waals surface area contributed by atoms with Crippen molar-refractivity contribution >= 4 is 11.0 Å². The number of aromatic nitrogens is 2. The Morgan fingerprint density at radius 2 is 2.06 bits per heavy atom. The van der Waals surface area contributed by atoms with E-state index in [2.05, 4.69) is 50.5 Å². The maximum atomic E-state index is 6.17. The first-order valence-corrected chi connectivity index (χ1v) is 6.74. The van der Waals surface area contributed by atoms with Gasteiger partial charge in [0.2, 0.25) is 0 Å². The SMILES string of the molecule is CCn1c(CC(N)C(C)C)nc2cc(C)ccc21. The smallest absolute Gasteiger partial charge is 0.111 e. The summed E-state index contributed by atoms with van der Waals surface area (Å²) in [5, 5.41) is 0. The van der Waals surface area contributed by atoms with Gasteiger partial charge < -0.3 is 10.3 Å². The summed E-state index contributed by atoms with van der Waals surface area (Å²) in [6.45, 7) is 9.52. The summed E-state index contributed by atoms with van der Waals surface area (Å²) in [6.07, 6.45) is 0.846. The number of nitrogens with zero attached hydrogens (tertiary/aromatic N) is 2. The van der Waals surface area contributed by atoms with Crippen molar-refractivity contribution in [2.24, 2.45) is 11.7 Å². The number of benzene rings is 1. The molecule has 2 rings (SSSR count). The van der Waals surface area contributed by atoms with Crippen LogP contribution in [0.15, 0.2) is 18.2 Å². The van der Waals surface area contributed by atoms with E-state index in [4.69, 9.17) is 10.7 Å². The Morgan fingerprint density at radius 3 is 2.67 bits per heavy atom. The summed E-state index contributed by atoms with van der Waals surface area (Å²) < 4.78 is 2.27. The van der Waals surface area contributed by atoms with E-state index in [9.17, 15) is 0 Å². The monoisotopic (exact) mass is 245 g/mol. The Morgan fingerprint density at radius 1 is 1.33 bits per heavy atom. The molecule has 0 amide bonds. The van der Waals surface area contributed by atoms with Gasteiger partial charge in [0.25, 0.3) is 0 Å². The quantitative estimate of drug-likeness (QED) is 0.900. The van der Waals surface area contributed by atoms with E-state index in [0.29, 0.717) is 5.92 Å². The van der Waals surface area contributed by atoms with Crippen molar-refractivity contribution in [2.45, 2.75) is 46.7 Å². The summed E-state index contributed by atoms with van der Waals surface area (Å²) >= 11 is 0. The molecule has 3 heteroatoms. The minimum Gasteiger partial charge on any atom is -0.328 e. The molecule has 1 heterocycles. The van der Waals surface area contributed by atoms with Gasteiger partial charge in [-0.15, -0.1) is 0 Å². The van der Waals surface area contributed by atoms with Crippen LogP contribution in [0.4, 0.5) is 0 Å². The highest BCUT2D eigenvalue weighted by Crippen LogP contribution is 2.19. The van der Waals surface area contributed by atoms with E-state index >= 15 is 0 Å². The number of fused-ring (bicyclic) bond motifs is 1. The zero-order valence-corrected chi connectivity index (χ0v) is 11.8. The molecule has 98 valence electrons. The van der Waals surface area contributed by atoms with Crippen molar-refractivity contribution < 1.29 is 0 Å². The summed E-state index contributed by atoms with van der Waals surface area (Å²) in [5.41, 5.74) is 9.73. The zero-order chi connectivity index (χ0) is 13.3. The standard InChI is InChI=1S/C15H23N3/c1-5-18-14-7-6-11(4)8-13(14)17-15(18)9-12(16)10(2)3/h6-8,10,12H,5,9,16H2,1-4H3. The van der Waals surface area contributed by atoms with Gasteiger partial charge >= 0.3 is 0 Å². The van der Waals surface area contributed by atoms with Crippen molar-refractivity contribution in [1.29, 1.82) is 0 Å². The Hall–Kier alpha value is -1.35. The fourth-order valence-electron chi connectivity index (χ4n) is 2.24. The van der Waals surface area contributed by atoms with E-state index in [1.165, 1.54) is 11.1 Å². The van der Waals surface area contributed by atoms with E-state index < -0.39 is 0 Å². The maximum absolute atomic E-state index is 6.17. The number of aryl methyl sites for hydroxylation is 2. The van der Waals surface area contributed by atoms with Crippen LogP contribution in [0.2, 0.25) is 0 Å². The molecule has 0 aliphatic heterocycles. The summed E-state index contributed by atoms with van der Waals surface area (Å²) in [4.78, 5) is 4.75. The second kappa shape index (κ2) is 5.11. The van der Waals surface area contributed by atoms with Crippen molar-refractivity contribution in [1.82, 2.24) is 9.55 Å². The van der Waals surface area contributed by atoms with E-state index in [0.717, 1.165) is 24.3 Å². The van der Waals surface area contributed by atoms with Gasteiger partial charge in [-0.2, -0.15) is 0 Å². The lowest BCUT2D eigenvalue weighted by Crippen LogP contribution is -2.30. The van der Waals surface area contributed by atoms with Crippen LogP contribution in [0.25, 0.3) is 11.0 Å². The van der Waals surface area contributed by atoms with Gasteiger partial charge in [0.15, 0.2) is 0 Å². The molecular weight excluding hydrogens is 222 g/mol. The van der Waals surface area contributed by atoms with Crippen LogP contribution < -0.4 is 5.73 Å². The third-order valence-corrected chi connectivity index (χ3v) is 3.57. The number of hydrogen-bond acceptors (Lipinski definition) is 2. The number of nitrogens with two attached hydrogens (primary N) is 1. The van der Waals surface area contributed by atoms with Gasteiger partial charge in [0.1, 0.15) is 5.82 Å². The predicted molar refractivity (Wildman–Crippen MR) is 76.7 cm³/mol.